The highest BCUT2D eigenvalue weighted by Crippen LogP contribution is 2.24. The molecule has 7 heteroatoms. The van der Waals surface area contributed by atoms with Crippen LogP contribution in [0.2, 0.25) is 0 Å². The molecule has 0 saturated carbocycles. The molecule has 0 unspecified atom stereocenters. The van der Waals surface area contributed by atoms with Gasteiger partial charge in [0, 0.05) is 24.1 Å². The number of hydrogen-bond acceptors (Lipinski definition) is 4. The van der Waals surface area contributed by atoms with Gasteiger partial charge < -0.3 is 9.52 Å². The molecular weight excluding hydrogens is 358 g/mol. The summed E-state index contributed by atoms with van der Waals surface area (Å²) in [5, 5.41) is 9.03. The average molecular weight is 374 g/mol. The van der Waals surface area contributed by atoms with Gasteiger partial charge in [-0.3, -0.25) is 0 Å². The maximum absolute atomic E-state index is 12.5. The third-order valence-electron chi connectivity index (χ3n) is 3.09. The van der Waals surface area contributed by atoms with Crippen LogP contribution in [0.1, 0.15) is 17.1 Å². The van der Waals surface area contributed by atoms with Gasteiger partial charge in [0.15, 0.2) is 0 Å². The Morgan fingerprint density at radius 2 is 1.90 bits per heavy atom. The van der Waals surface area contributed by atoms with Gasteiger partial charge in [-0.2, -0.15) is 4.31 Å². The zero-order chi connectivity index (χ0) is 15.6. The Kier molecular flexibility index (Phi) is 4.88. The summed E-state index contributed by atoms with van der Waals surface area (Å²) in [6.07, 6.45) is 0. The smallest absolute Gasteiger partial charge is 0.246 e. The Hall–Kier alpha value is -1.15. The van der Waals surface area contributed by atoms with Gasteiger partial charge in [-0.25, -0.2) is 8.42 Å². The van der Waals surface area contributed by atoms with Gasteiger partial charge >= 0.3 is 0 Å². The van der Waals surface area contributed by atoms with Gasteiger partial charge in [0.2, 0.25) is 10.0 Å². The van der Waals surface area contributed by atoms with E-state index in [1.54, 1.807) is 6.92 Å². The summed E-state index contributed by atoms with van der Waals surface area (Å²) in [4.78, 5) is 0.0890. The summed E-state index contributed by atoms with van der Waals surface area (Å²) in [7, 11) is -2.13. The van der Waals surface area contributed by atoms with Crippen LogP contribution < -0.4 is 0 Å². The van der Waals surface area contributed by atoms with Crippen LogP contribution in [0, 0.1) is 6.92 Å². The molecule has 0 aliphatic carbocycles. The predicted molar refractivity (Wildman–Crippen MR) is 82.2 cm³/mol. The lowest BCUT2D eigenvalue weighted by molar-refractivity contribution is 0.244. The number of sulfonamides is 1. The molecule has 21 heavy (non-hydrogen) atoms. The molecule has 1 N–H and O–H groups in total. The van der Waals surface area contributed by atoms with Crippen LogP contribution in [0.4, 0.5) is 0 Å². The van der Waals surface area contributed by atoms with Crippen LogP contribution >= 0.6 is 15.9 Å². The van der Waals surface area contributed by atoms with Gasteiger partial charge in [0.05, 0.1) is 0 Å². The first-order valence-electron chi connectivity index (χ1n) is 6.25. The van der Waals surface area contributed by atoms with E-state index in [1.165, 1.54) is 17.4 Å². The predicted octanol–water partition coefficient (Wildman–Crippen LogP) is 2.66. The molecule has 2 rings (SSSR count). The zero-order valence-electron chi connectivity index (χ0n) is 11.7. The lowest BCUT2D eigenvalue weighted by Crippen LogP contribution is -2.26. The largest absolute Gasteiger partial charge is 0.462 e. The number of aliphatic hydroxyl groups is 1. The minimum absolute atomic E-state index is 0.0890. The first-order valence-corrected chi connectivity index (χ1v) is 8.49. The Labute approximate surface area is 132 Å². The zero-order valence-corrected chi connectivity index (χ0v) is 14.1. The molecule has 2 aromatic rings. The molecule has 0 saturated heterocycles. The van der Waals surface area contributed by atoms with Crippen molar-refractivity contribution < 1.29 is 17.9 Å². The molecule has 0 radical (unpaired) electrons. The standard InChI is InChI=1S/C14H16BrNO4S/c1-10-14(7-13(9-17)20-10)21(18,19)16(2)8-11-3-5-12(15)6-4-11/h3-7,17H,8-9H2,1-2H3. The van der Waals surface area contributed by atoms with E-state index in [2.05, 4.69) is 15.9 Å². The van der Waals surface area contributed by atoms with Crippen molar-refractivity contribution in [2.24, 2.45) is 0 Å². The van der Waals surface area contributed by atoms with Crippen LogP contribution in [-0.4, -0.2) is 24.9 Å². The SMILES string of the molecule is Cc1oc(CO)cc1S(=O)(=O)N(C)Cc1ccc(Br)cc1. The van der Waals surface area contributed by atoms with Crippen molar-refractivity contribution >= 4 is 26.0 Å². The van der Waals surface area contributed by atoms with E-state index in [0.29, 0.717) is 0 Å². The number of aryl methyl sites for hydroxylation is 1. The molecule has 0 aliphatic heterocycles. The van der Waals surface area contributed by atoms with E-state index in [4.69, 9.17) is 9.52 Å². The van der Waals surface area contributed by atoms with Crippen LogP contribution in [0.25, 0.3) is 0 Å². The summed E-state index contributed by atoms with van der Waals surface area (Å²) in [5.41, 5.74) is 0.882. The van der Waals surface area contributed by atoms with Crippen molar-refractivity contribution in [1.82, 2.24) is 4.31 Å². The van der Waals surface area contributed by atoms with Crippen molar-refractivity contribution in [2.45, 2.75) is 25.0 Å². The molecule has 0 atom stereocenters. The topological polar surface area (TPSA) is 70.8 Å². The second-order valence-corrected chi connectivity index (χ2v) is 7.61. The minimum Gasteiger partial charge on any atom is -0.462 e. The number of furan rings is 1. The summed E-state index contributed by atoms with van der Waals surface area (Å²) < 4.78 is 32.5. The van der Waals surface area contributed by atoms with E-state index < -0.39 is 10.0 Å². The van der Waals surface area contributed by atoms with E-state index in [-0.39, 0.29) is 29.6 Å². The molecule has 1 aromatic heterocycles. The molecule has 0 bridgehead atoms. The van der Waals surface area contributed by atoms with Crippen molar-refractivity contribution in [3.63, 3.8) is 0 Å². The minimum atomic E-state index is -3.65. The van der Waals surface area contributed by atoms with E-state index in [1.807, 2.05) is 24.3 Å². The fraction of sp³-hybridized carbons (Fsp3) is 0.286. The first-order chi connectivity index (χ1) is 9.84. The average Bonchev–Trinajstić information content (AvgIpc) is 2.83. The number of rotatable bonds is 5. The monoisotopic (exact) mass is 373 g/mol. The van der Waals surface area contributed by atoms with E-state index in [9.17, 15) is 8.42 Å². The molecule has 0 spiro atoms. The fourth-order valence-corrected chi connectivity index (χ4v) is 3.56. The quantitative estimate of drug-likeness (QED) is 0.874. The van der Waals surface area contributed by atoms with Gasteiger partial charge in [0.25, 0.3) is 0 Å². The van der Waals surface area contributed by atoms with Gasteiger partial charge in [-0.15, -0.1) is 0 Å². The molecule has 1 heterocycles. The van der Waals surface area contributed by atoms with E-state index in [0.717, 1.165) is 10.0 Å². The Balaban J connectivity index is 2.25. The molecule has 5 nitrogen and oxygen atoms in total. The fourth-order valence-electron chi connectivity index (χ4n) is 1.96. The Morgan fingerprint density at radius 3 is 2.43 bits per heavy atom. The number of benzene rings is 1. The van der Waals surface area contributed by atoms with Crippen molar-refractivity contribution in [2.75, 3.05) is 7.05 Å². The summed E-state index contributed by atoms with van der Waals surface area (Å²) >= 11 is 3.34. The first kappa shape index (κ1) is 16.2. The van der Waals surface area contributed by atoms with Crippen LogP contribution in [0.5, 0.6) is 0 Å². The van der Waals surface area contributed by atoms with Gasteiger partial charge in [0.1, 0.15) is 23.0 Å². The lowest BCUT2D eigenvalue weighted by Gasteiger charge is -2.16. The maximum Gasteiger partial charge on any atom is 0.246 e. The molecule has 1 aromatic carbocycles. The van der Waals surface area contributed by atoms with Crippen LogP contribution in [0.15, 0.2) is 44.1 Å². The van der Waals surface area contributed by atoms with Gasteiger partial charge in [-0.1, -0.05) is 28.1 Å². The second-order valence-electron chi connectivity index (χ2n) is 4.68. The molecular formula is C14H16BrNO4S. The summed E-state index contributed by atoms with van der Waals surface area (Å²) in [6.45, 7) is 1.50. The van der Waals surface area contributed by atoms with Crippen LogP contribution in [-0.2, 0) is 23.2 Å². The highest BCUT2D eigenvalue weighted by Gasteiger charge is 2.26. The number of nitrogens with zero attached hydrogens (tertiary/aromatic N) is 1. The van der Waals surface area contributed by atoms with E-state index >= 15 is 0 Å². The van der Waals surface area contributed by atoms with Crippen molar-refractivity contribution in [1.29, 1.82) is 0 Å². The third-order valence-corrected chi connectivity index (χ3v) is 5.53. The second kappa shape index (κ2) is 6.31. The maximum atomic E-state index is 12.5. The molecule has 0 amide bonds. The number of hydrogen-bond donors (Lipinski definition) is 1. The van der Waals surface area contributed by atoms with Crippen molar-refractivity contribution in [3.05, 3.63) is 51.9 Å². The molecule has 0 fully saturated rings. The molecule has 114 valence electrons. The van der Waals surface area contributed by atoms with Gasteiger partial charge in [-0.05, 0) is 24.6 Å². The summed E-state index contributed by atoms with van der Waals surface area (Å²) in [5.74, 6) is 0.518. The number of halogens is 1. The normalized spacial score (nSPS) is 12.0. The summed E-state index contributed by atoms with van der Waals surface area (Å²) in [6, 6.07) is 8.81. The third kappa shape index (κ3) is 3.55. The van der Waals surface area contributed by atoms with Crippen molar-refractivity contribution in [3.8, 4) is 0 Å². The Bertz CT molecular complexity index is 722. The Morgan fingerprint density at radius 1 is 1.29 bits per heavy atom. The lowest BCUT2D eigenvalue weighted by atomic mass is 10.2. The van der Waals surface area contributed by atoms with Crippen LogP contribution in [0.3, 0.4) is 0 Å². The highest BCUT2D eigenvalue weighted by molar-refractivity contribution is 9.10. The number of aliphatic hydroxyl groups excluding tert-OH is 1. The highest BCUT2D eigenvalue weighted by atomic mass is 79.9. The molecule has 0 aliphatic rings.